The smallest absolute Gasteiger partial charge is 0.174 e. The Labute approximate surface area is 196 Å². The minimum Gasteiger partial charge on any atom is -0.390 e. The predicted octanol–water partition coefficient (Wildman–Crippen LogP) is 1.10. The topological polar surface area (TPSA) is 147 Å². The van der Waals surface area contributed by atoms with Crippen LogP contribution in [-0.4, -0.2) is 78.5 Å². The van der Waals surface area contributed by atoms with Gasteiger partial charge in [0.2, 0.25) is 0 Å². The summed E-state index contributed by atoms with van der Waals surface area (Å²) in [5, 5.41) is 21.5. The average Bonchev–Trinajstić information content (AvgIpc) is 3.45. The average molecular weight is 465 g/mol. The minimum absolute atomic E-state index is 0.0857. The summed E-state index contributed by atoms with van der Waals surface area (Å²) in [6.07, 6.45) is 2.82. The molecule has 0 unspecified atom stereocenters. The predicted molar refractivity (Wildman–Crippen MR) is 124 cm³/mol. The molecule has 2 heterocycles. The van der Waals surface area contributed by atoms with Gasteiger partial charge in [-0.25, -0.2) is 15.0 Å². The summed E-state index contributed by atoms with van der Waals surface area (Å²) >= 11 is 0. The number of aromatic nitrogens is 4. The van der Waals surface area contributed by atoms with Gasteiger partial charge in [0.15, 0.2) is 23.0 Å². The third-order valence-electron chi connectivity index (χ3n) is 7.19. The second-order valence-corrected chi connectivity index (χ2v) is 9.36. The van der Waals surface area contributed by atoms with Crippen LogP contribution in [0.25, 0.3) is 11.2 Å². The van der Waals surface area contributed by atoms with Crippen molar-refractivity contribution < 1.29 is 19.8 Å². The fraction of sp³-hybridized carbons (Fsp3) is 0.458. The van der Waals surface area contributed by atoms with Crippen LogP contribution in [0.1, 0.15) is 46.0 Å². The Morgan fingerprint density at radius 3 is 2.50 bits per heavy atom. The molecule has 34 heavy (non-hydrogen) atoms. The first-order chi connectivity index (χ1) is 16.4. The van der Waals surface area contributed by atoms with Crippen LogP contribution >= 0.6 is 0 Å². The maximum absolute atomic E-state index is 12.6. The Hall–Kier alpha value is -3.21. The Balaban J connectivity index is 1.18. The zero-order valence-electron chi connectivity index (χ0n) is 18.9. The molecule has 2 aromatic heterocycles. The quantitative estimate of drug-likeness (QED) is 0.437. The Morgan fingerprint density at radius 2 is 1.79 bits per heavy atom. The van der Waals surface area contributed by atoms with Crippen LogP contribution in [0.15, 0.2) is 36.9 Å². The van der Waals surface area contributed by atoms with Gasteiger partial charge in [-0.15, -0.1) is 0 Å². The molecule has 0 bridgehead atoms. The van der Waals surface area contributed by atoms with Gasteiger partial charge in [-0.1, -0.05) is 24.3 Å². The molecular formula is C24H28N6O4. The van der Waals surface area contributed by atoms with Crippen LogP contribution in [0.5, 0.6) is 0 Å². The summed E-state index contributed by atoms with van der Waals surface area (Å²) in [4.78, 5) is 39.7. The third-order valence-corrected chi connectivity index (χ3v) is 7.19. The van der Waals surface area contributed by atoms with Crippen molar-refractivity contribution in [1.29, 1.82) is 0 Å². The van der Waals surface area contributed by atoms with Gasteiger partial charge in [0.05, 0.1) is 24.4 Å². The fourth-order valence-electron chi connectivity index (χ4n) is 5.40. The number of anilines is 1. The third kappa shape index (κ3) is 3.77. The van der Waals surface area contributed by atoms with Crippen molar-refractivity contribution in [3.8, 4) is 0 Å². The molecule has 2 aliphatic carbocycles. The lowest BCUT2D eigenvalue weighted by Gasteiger charge is -2.23. The lowest BCUT2D eigenvalue weighted by molar-refractivity contribution is 0.00158. The van der Waals surface area contributed by atoms with Crippen molar-refractivity contribution in [3.63, 3.8) is 0 Å². The number of Topliss-reactive ketones (excluding diaryl/α,β-unsaturated/α-hetero) is 2. The number of ketones is 2. The molecule has 3 aromatic rings. The van der Waals surface area contributed by atoms with Gasteiger partial charge in [-0.2, -0.15) is 0 Å². The van der Waals surface area contributed by atoms with Crippen LogP contribution in [0.4, 0.5) is 5.82 Å². The molecule has 0 radical (unpaired) electrons. The number of benzene rings is 1. The summed E-state index contributed by atoms with van der Waals surface area (Å²) in [5.41, 5.74) is 7.93. The molecule has 0 spiro atoms. The van der Waals surface area contributed by atoms with Crippen molar-refractivity contribution in [2.75, 3.05) is 25.9 Å². The van der Waals surface area contributed by atoms with Crippen molar-refractivity contribution in [1.82, 2.24) is 24.4 Å². The van der Waals surface area contributed by atoms with Crippen molar-refractivity contribution in [2.45, 2.75) is 37.5 Å². The molecular weight excluding hydrogens is 436 g/mol. The van der Waals surface area contributed by atoms with E-state index in [4.69, 9.17) is 5.73 Å². The number of rotatable bonds is 7. The molecule has 2 aliphatic rings. The highest BCUT2D eigenvalue weighted by molar-refractivity contribution is 6.26. The number of fused-ring (bicyclic) bond motifs is 2. The number of nitrogen functional groups attached to an aromatic ring is 1. The summed E-state index contributed by atoms with van der Waals surface area (Å²) in [6, 6.07) is 6.62. The standard InChI is InChI=1S/C24H28N6O4/c1-29(8-4-7-16-20(32)14-5-2-3-6-15(14)21(16)33)10-13-9-17(22(34)19(13)31)30-12-28-18-23(25)26-11-27-24(18)30/h2-3,5-6,11-13,16-17,19,22,31,34H,4,7-10H2,1H3,(H2,25,26,27)/t13-,17-,19-,22+/m1/s1. The number of carbonyl (C=O) groups excluding carboxylic acids is 2. The van der Waals surface area contributed by atoms with E-state index in [-0.39, 0.29) is 29.3 Å². The molecule has 0 amide bonds. The van der Waals surface area contributed by atoms with Gasteiger partial charge in [0.1, 0.15) is 17.9 Å². The Bertz CT molecular complexity index is 1210. The first-order valence-electron chi connectivity index (χ1n) is 11.5. The highest BCUT2D eigenvalue weighted by atomic mass is 16.3. The number of aliphatic hydroxyl groups excluding tert-OH is 2. The van der Waals surface area contributed by atoms with Crippen LogP contribution in [-0.2, 0) is 0 Å². The van der Waals surface area contributed by atoms with Gasteiger partial charge in [0.25, 0.3) is 0 Å². The lowest BCUT2D eigenvalue weighted by Crippen LogP contribution is -2.35. The van der Waals surface area contributed by atoms with Crippen molar-refractivity contribution in [3.05, 3.63) is 48.0 Å². The van der Waals surface area contributed by atoms with E-state index in [9.17, 15) is 19.8 Å². The van der Waals surface area contributed by atoms with E-state index in [0.717, 1.165) is 0 Å². The second kappa shape index (κ2) is 8.86. The van der Waals surface area contributed by atoms with E-state index in [1.165, 1.54) is 6.33 Å². The first kappa shape index (κ1) is 22.6. The van der Waals surface area contributed by atoms with Gasteiger partial charge in [-0.3, -0.25) is 9.59 Å². The summed E-state index contributed by atoms with van der Waals surface area (Å²) in [6.45, 7) is 1.25. The molecule has 178 valence electrons. The molecule has 10 heteroatoms. The molecule has 4 N–H and O–H groups in total. The van der Waals surface area contributed by atoms with Gasteiger partial charge < -0.3 is 25.4 Å². The number of imidazole rings is 1. The molecule has 5 rings (SSSR count). The maximum atomic E-state index is 12.6. The molecule has 1 aromatic carbocycles. The van der Waals surface area contributed by atoms with E-state index in [0.29, 0.717) is 54.6 Å². The van der Waals surface area contributed by atoms with Crippen LogP contribution < -0.4 is 5.73 Å². The summed E-state index contributed by atoms with van der Waals surface area (Å²) < 4.78 is 1.76. The number of aliphatic hydroxyl groups is 2. The Kier molecular flexibility index (Phi) is 5.88. The van der Waals surface area contributed by atoms with Gasteiger partial charge >= 0.3 is 0 Å². The number of nitrogens with two attached hydrogens (primary N) is 1. The second-order valence-electron chi connectivity index (χ2n) is 9.36. The lowest BCUT2D eigenvalue weighted by atomic mass is 9.97. The number of hydrogen-bond donors (Lipinski definition) is 3. The fourth-order valence-corrected chi connectivity index (χ4v) is 5.40. The SMILES string of the molecule is CN(CCCC1C(=O)c2ccccc2C1=O)C[C@H]1C[C@@H](n2cnc3c(N)ncnc32)[C@H](O)[C@@H]1O. The zero-order chi connectivity index (χ0) is 24.0. The zero-order valence-corrected chi connectivity index (χ0v) is 18.9. The molecule has 1 fully saturated rings. The number of nitrogens with zero attached hydrogens (tertiary/aromatic N) is 5. The largest absolute Gasteiger partial charge is 0.390 e. The number of carbonyl (C=O) groups is 2. The monoisotopic (exact) mass is 464 g/mol. The minimum atomic E-state index is -0.959. The van der Waals surface area contributed by atoms with Crippen molar-refractivity contribution >= 4 is 28.5 Å². The van der Waals surface area contributed by atoms with Crippen LogP contribution in [0, 0.1) is 11.8 Å². The first-order valence-corrected chi connectivity index (χ1v) is 11.5. The molecule has 0 saturated heterocycles. The maximum Gasteiger partial charge on any atom is 0.174 e. The normalized spacial score (nSPS) is 25.1. The molecule has 1 saturated carbocycles. The van der Waals surface area contributed by atoms with Crippen LogP contribution in [0.3, 0.4) is 0 Å². The van der Waals surface area contributed by atoms with E-state index >= 15 is 0 Å². The highest BCUT2D eigenvalue weighted by Gasteiger charge is 2.43. The highest BCUT2D eigenvalue weighted by Crippen LogP contribution is 2.37. The van der Waals surface area contributed by atoms with E-state index in [1.54, 1.807) is 35.2 Å². The van der Waals surface area contributed by atoms with Gasteiger partial charge in [0, 0.05) is 23.6 Å². The van der Waals surface area contributed by atoms with Crippen LogP contribution in [0.2, 0.25) is 0 Å². The van der Waals surface area contributed by atoms with E-state index in [2.05, 4.69) is 19.9 Å². The molecule has 10 nitrogen and oxygen atoms in total. The van der Waals surface area contributed by atoms with Gasteiger partial charge in [-0.05, 0) is 32.9 Å². The summed E-state index contributed by atoms with van der Waals surface area (Å²) in [7, 11) is 1.94. The number of hydrogen-bond acceptors (Lipinski definition) is 9. The molecule has 0 aliphatic heterocycles. The summed E-state index contributed by atoms with van der Waals surface area (Å²) in [5.74, 6) is -0.649. The van der Waals surface area contributed by atoms with Crippen molar-refractivity contribution in [2.24, 2.45) is 11.8 Å². The Morgan fingerprint density at radius 1 is 1.09 bits per heavy atom. The molecule has 4 atom stereocenters. The van der Waals surface area contributed by atoms with E-state index in [1.807, 2.05) is 7.05 Å². The van der Waals surface area contributed by atoms with E-state index < -0.39 is 18.1 Å².